The van der Waals surface area contributed by atoms with Crippen LogP contribution in [0, 0.1) is 6.92 Å². The molecule has 2 aromatic rings. The van der Waals surface area contributed by atoms with Crippen molar-refractivity contribution in [3.05, 3.63) is 59.7 Å². The highest BCUT2D eigenvalue weighted by atomic mass is 16.2. The van der Waals surface area contributed by atoms with Gasteiger partial charge in [-0.2, -0.15) is 0 Å². The molecule has 0 atom stereocenters. The highest BCUT2D eigenvalue weighted by Gasteiger charge is 2.23. The van der Waals surface area contributed by atoms with E-state index in [-0.39, 0.29) is 11.8 Å². The molecular weight excluding hydrogens is 312 g/mol. The van der Waals surface area contributed by atoms with Crippen LogP contribution < -0.4 is 10.2 Å². The molecule has 0 aliphatic carbocycles. The minimum absolute atomic E-state index is 0.0125. The molecular formula is C21H24N2O2. The first-order valence-corrected chi connectivity index (χ1v) is 8.88. The third-order valence-corrected chi connectivity index (χ3v) is 4.57. The van der Waals surface area contributed by atoms with Gasteiger partial charge in [-0.3, -0.25) is 9.59 Å². The predicted molar refractivity (Wildman–Crippen MR) is 101 cm³/mol. The second-order valence-corrected chi connectivity index (χ2v) is 6.54. The fourth-order valence-corrected chi connectivity index (χ4v) is 3.20. The van der Waals surface area contributed by atoms with E-state index in [2.05, 4.69) is 17.4 Å². The maximum absolute atomic E-state index is 12.2. The van der Waals surface area contributed by atoms with Crippen LogP contribution in [0.4, 0.5) is 11.4 Å². The van der Waals surface area contributed by atoms with Crippen molar-refractivity contribution >= 4 is 23.2 Å². The van der Waals surface area contributed by atoms with E-state index in [1.165, 1.54) is 5.56 Å². The number of anilines is 2. The standard InChI is InChI=1S/C21H24N2O2/c1-16-12-13-18(15-19(16)23-14-6-11-21(23)25)22-20(24)10-5-9-17-7-3-2-4-8-17/h2-4,7-8,12-13,15H,5-6,9-11,14H2,1H3,(H,22,24). The van der Waals surface area contributed by atoms with E-state index in [1.54, 1.807) is 0 Å². The zero-order valence-electron chi connectivity index (χ0n) is 14.6. The van der Waals surface area contributed by atoms with Crippen molar-refractivity contribution in [2.75, 3.05) is 16.8 Å². The van der Waals surface area contributed by atoms with E-state index in [1.807, 2.05) is 48.2 Å². The van der Waals surface area contributed by atoms with Gasteiger partial charge < -0.3 is 10.2 Å². The van der Waals surface area contributed by atoms with Gasteiger partial charge in [0.1, 0.15) is 0 Å². The maximum Gasteiger partial charge on any atom is 0.227 e. The number of amides is 2. The predicted octanol–water partition coefficient (Wildman–Crippen LogP) is 4.08. The van der Waals surface area contributed by atoms with Crippen molar-refractivity contribution in [3.8, 4) is 0 Å². The van der Waals surface area contributed by atoms with Gasteiger partial charge in [-0.25, -0.2) is 0 Å². The number of aryl methyl sites for hydroxylation is 2. The molecule has 1 saturated heterocycles. The third kappa shape index (κ3) is 4.47. The summed E-state index contributed by atoms with van der Waals surface area (Å²) >= 11 is 0. The zero-order chi connectivity index (χ0) is 17.6. The fraction of sp³-hybridized carbons (Fsp3) is 0.333. The molecule has 4 heteroatoms. The Bertz CT molecular complexity index is 756. The third-order valence-electron chi connectivity index (χ3n) is 4.57. The number of hydrogen-bond donors (Lipinski definition) is 1. The van der Waals surface area contributed by atoms with Gasteiger partial charge in [0.25, 0.3) is 0 Å². The van der Waals surface area contributed by atoms with E-state index in [0.29, 0.717) is 12.8 Å². The first kappa shape index (κ1) is 17.2. The molecule has 0 saturated carbocycles. The molecule has 1 fully saturated rings. The summed E-state index contributed by atoms with van der Waals surface area (Å²) in [5.41, 5.74) is 3.97. The van der Waals surface area contributed by atoms with Crippen LogP contribution in [-0.4, -0.2) is 18.4 Å². The van der Waals surface area contributed by atoms with E-state index in [0.717, 1.165) is 42.7 Å². The van der Waals surface area contributed by atoms with Crippen LogP contribution in [0.2, 0.25) is 0 Å². The van der Waals surface area contributed by atoms with Crippen LogP contribution in [0.1, 0.15) is 36.8 Å². The van der Waals surface area contributed by atoms with Crippen molar-refractivity contribution in [2.24, 2.45) is 0 Å². The first-order valence-electron chi connectivity index (χ1n) is 8.88. The Balaban J connectivity index is 1.57. The number of rotatable bonds is 6. The monoisotopic (exact) mass is 336 g/mol. The molecule has 2 aromatic carbocycles. The number of carbonyl (C=O) groups excluding carboxylic acids is 2. The molecule has 1 aliphatic heterocycles. The normalized spacial score (nSPS) is 14.0. The molecule has 2 amide bonds. The van der Waals surface area contributed by atoms with Gasteiger partial charge >= 0.3 is 0 Å². The number of hydrogen-bond acceptors (Lipinski definition) is 2. The second-order valence-electron chi connectivity index (χ2n) is 6.54. The Labute approximate surface area is 148 Å². The first-order chi connectivity index (χ1) is 12.1. The van der Waals surface area contributed by atoms with Crippen LogP contribution in [-0.2, 0) is 16.0 Å². The Morgan fingerprint density at radius 2 is 1.96 bits per heavy atom. The molecule has 0 radical (unpaired) electrons. The van der Waals surface area contributed by atoms with Gasteiger partial charge in [0.15, 0.2) is 0 Å². The van der Waals surface area contributed by atoms with Crippen LogP contribution in [0.25, 0.3) is 0 Å². The SMILES string of the molecule is Cc1ccc(NC(=O)CCCc2ccccc2)cc1N1CCCC1=O. The molecule has 0 aromatic heterocycles. The minimum atomic E-state index is 0.0125. The zero-order valence-corrected chi connectivity index (χ0v) is 14.6. The Morgan fingerprint density at radius 1 is 1.16 bits per heavy atom. The van der Waals surface area contributed by atoms with Crippen LogP contribution in [0.5, 0.6) is 0 Å². The van der Waals surface area contributed by atoms with Gasteiger partial charge in [-0.15, -0.1) is 0 Å². The lowest BCUT2D eigenvalue weighted by molar-refractivity contribution is -0.117. The van der Waals surface area contributed by atoms with Crippen molar-refractivity contribution in [1.82, 2.24) is 0 Å². The quantitative estimate of drug-likeness (QED) is 0.864. The highest BCUT2D eigenvalue weighted by molar-refractivity contribution is 5.97. The number of carbonyl (C=O) groups is 2. The summed E-state index contributed by atoms with van der Waals surface area (Å²) in [6, 6.07) is 16.0. The molecule has 1 N–H and O–H groups in total. The molecule has 1 aliphatic rings. The Morgan fingerprint density at radius 3 is 2.68 bits per heavy atom. The van der Waals surface area contributed by atoms with Crippen molar-refractivity contribution in [3.63, 3.8) is 0 Å². The van der Waals surface area contributed by atoms with E-state index in [4.69, 9.17) is 0 Å². The van der Waals surface area contributed by atoms with E-state index >= 15 is 0 Å². The average molecular weight is 336 g/mol. The summed E-state index contributed by atoms with van der Waals surface area (Å²) in [6.45, 7) is 2.75. The molecule has 25 heavy (non-hydrogen) atoms. The van der Waals surface area contributed by atoms with Crippen LogP contribution in [0.15, 0.2) is 48.5 Å². The van der Waals surface area contributed by atoms with Gasteiger partial charge in [0, 0.05) is 30.8 Å². The Kier molecular flexibility index (Phi) is 5.49. The van der Waals surface area contributed by atoms with Crippen molar-refractivity contribution in [2.45, 2.75) is 39.0 Å². The summed E-state index contributed by atoms with van der Waals surface area (Å²) in [5.74, 6) is 0.174. The molecule has 130 valence electrons. The number of benzene rings is 2. The lowest BCUT2D eigenvalue weighted by Gasteiger charge is -2.19. The smallest absolute Gasteiger partial charge is 0.227 e. The summed E-state index contributed by atoms with van der Waals surface area (Å²) in [6.07, 6.45) is 3.71. The van der Waals surface area contributed by atoms with E-state index in [9.17, 15) is 9.59 Å². The van der Waals surface area contributed by atoms with Crippen LogP contribution in [0.3, 0.4) is 0 Å². The van der Waals surface area contributed by atoms with Gasteiger partial charge in [0.2, 0.25) is 11.8 Å². The van der Waals surface area contributed by atoms with Gasteiger partial charge in [0.05, 0.1) is 0 Å². The second kappa shape index (κ2) is 7.97. The lowest BCUT2D eigenvalue weighted by atomic mass is 10.1. The number of nitrogens with zero attached hydrogens (tertiary/aromatic N) is 1. The van der Waals surface area contributed by atoms with Gasteiger partial charge in [-0.05, 0) is 49.4 Å². The van der Waals surface area contributed by atoms with Crippen molar-refractivity contribution in [1.29, 1.82) is 0 Å². The molecule has 4 nitrogen and oxygen atoms in total. The fourth-order valence-electron chi connectivity index (χ4n) is 3.20. The Hall–Kier alpha value is -2.62. The summed E-state index contributed by atoms with van der Waals surface area (Å²) in [5, 5.41) is 2.96. The largest absolute Gasteiger partial charge is 0.326 e. The minimum Gasteiger partial charge on any atom is -0.326 e. The molecule has 1 heterocycles. The van der Waals surface area contributed by atoms with E-state index < -0.39 is 0 Å². The maximum atomic E-state index is 12.2. The summed E-state index contributed by atoms with van der Waals surface area (Å²) in [7, 11) is 0. The van der Waals surface area contributed by atoms with Crippen molar-refractivity contribution < 1.29 is 9.59 Å². The summed E-state index contributed by atoms with van der Waals surface area (Å²) < 4.78 is 0. The average Bonchev–Trinajstić information content (AvgIpc) is 3.03. The number of nitrogens with one attached hydrogen (secondary N) is 1. The molecule has 0 unspecified atom stereocenters. The lowest BCUT2D eigenvalue weighted by Crippen LogP contribution is -2.24. The highest BCUT2D eigenvalue weighted by Crippen LogP contribution is 2.28. The summed E-state index contributed by atoms with van der Waals surface area (Å²) in [4.78, 5) is 26.0. The van der Waals surface area contributed by atoms with Crippen LogP contribution >= 0.6 is 0 Å². The topological polar surface area (TPSA) is 49.4 Å². The molecule has 3 rings (SSSR count). The molecule has 0 spiro atoms. The van der Waals surface area contributed by atoms with Gasteiger partial charge in [-0.1, -0.05) is 36.4 Å². The molecule has 0 bridgehead atoms.